The topological polar surface area (TPSA) is 46.2 Å². The second kappa shape index (κ2) is 9.20. The first-order chi connectivity index (χ1) is 13.7. The molecule has 28 heavy (non-hydrogen) atoms. The quantitative estimate of drug-likeness (QED) is 0.716. The highest BCUT2D eigenvalue weighted by atomic mass is 16.7. The average molecular weight is 382 g/mol. The predicted octanol–water partition coefficient (Wildman–Crippen LogP) is 3.48. The second-order valence-corrected chi connectivity index (χ2v) is 7.40. The van der Waals surface area contributed by atoms with Crippen molar-refractivity contribution in [2.24, 2.45) is 0 Å². The molecule has 4 rings (SSSR count). The standard InChI is InChI=1S/C22H27BO5/c1-16-20(24-13-17-9-5-3-6-10-17)22(25-14-18-11-7-4-8-12-18)21-19(27-16)15-26-23(2)28-21/h3-12,16,19-22H,13-15H2,1-2H3/t16-,19?,20?,21-,22+/m1/s1. The van der Waals surface area contributed by atoms with Crippen molar-refractivity contribution in [2.75, 3.05) is 6.61 Å². The second-order valence-electron chi connectivity index (χ2n) is 7.40. The lowest BCUT2D eigenvalue weighted by atomic mass is 9.86. The van der Waals surface area contributed by atoms with Gasteiger partial charge in [-0.1, -0.05) is 60.7 Å². The molecule has 6 heteroatoms. The van der Waals surface area contributed by atoms with E-state index in [-0.39, 0.29) is 37.6 Å². The van der Waals surface area contributed by atoms with Crippen LogP contribution in [0.15, 0.2) is 60.7 Å². The molecule has 0 amide bonds. The smallest absolute Gasteiger partial charge is 0.408 e. The highest BCUT2D eigenvalue weighted by Crippen LogP contribution is 2.32. The molecule has 2 heterocycles. The van der Waals surface area contributed by atoms with E-state index in [2.05, 4.69) is 24.3 Å². The van der Waals surface area contributed by atoms with Crippen molar-refractivity contribution in [3.05, 3.63) is 71.8 Å². The van der Waals surface area contributed by atoms with Gasteiger partial charge in [0.15, 0.2) is 0 Å². The zero-order valence-electron chi connectivity index (χ0n) is 16.4. The van der Waals surface area contributed by atoms with E-state index in [0.29, 0.717) is 19.8 Å². The maximum atomic E-state index is 6.37. The van der Waals surface area contributed by atoms with Crippen LogP contribution in [0.3, 0.4) is 0 Å². The third-order valence-corrected chi connectivity index (χ3v) is 5.28. The summed E-state index contributed by atoms with van der Waals surface area (Å²) in [5.74, 6) is 0. The Balaban J connectivity index is 1.50. The van der Waals surface area contributed by atoms with Crippen LogP contribution in [-0.2, 0) is 36.7 Å². The number of hydrogen-bond donors (Lipinski definition) is 0. The summed E-state index contributed by atoms with van der Waals surface area (Å²) in [4.78, 5) is 0. The number of benzene rings is 2. The summed E-state index contributed by atoms with van der Waals surface area (Å²) < 4.78 is 30.5. The van der Waals surface area contributed by atoms with Crippen LogP contribution in [-0.4, -0.2) is 44.2 Å². The first-order valence-corrected chi connectivity index (χ1v) is 9.94. The molecule has 2 aliphatic heterocycles. The van der Waals surface area contributed by atoms with Gasteiger partial charge in [0, 0.05) is 0 Å². The van der Waals surface area contributed by atoms with Gasteiger partial charge in [0.05, 0.1) is 32.0 Å². The summed E-state index contributed by atoms with van der Waals surface area (Å²) >= 11 is 0. The highest BCUT2D eigenvalue weighted by Gasteiger charge is 2.49. The van der Waals surface area contributed by atoms with E-state index in [1.54, 1.807) is 0 Å². The zero-order chi connectivity index (χ0) is 19.3. The van der Waals surface area contributed by atoms with Crippen LogP contribution in [0.2, 0.25) is 6.82 Å². The number of fused-ring (bicyclic) bond motifs is 1. The van der Waals surface area contributed by atoms with Gasteiger partial charge in [0.1, 0.15) is 18.3 Å². The van der Waals surface area contributed by atoms with Crippen molar-refractivity contribution in [1.29, 1.82) is 0 Å². The fourth-order valence-electron chi connectivity index (χ4n) is 3.84. The van der Waals surface area contributed by atoms with E-state index < -0.39 is 0 Å². The molecule has 0 radical (unpaired) electrons. The summed E-state index contributed by atoms with van der Waals surface area (Å²) in [5, 5.41) is 0. The fraction of sp³-hybridized carbons (Fsp3) is 0.455. The lowest BCUT2D eigenvalue weighted by Crippen LogP contribution is -2.63. The molecule has 0 aromatic heterocycles. The van der Waals surface area contributed by atoms with Crippen molar-refractivity contribution >= 4 is 7.12 Å². The Morgan fingerprint density at radius 2 is 1.46 bits per heavy atom. The van der Waals surface area contributed by atoms with Crippen molar-refractivity contribution in [3.8, 4) is 0 Å². The van der Waals surface area contributed by atoms with Crippen LogP contribution in [0.5, 0.6) is 0 Å². The van der Waals surface area contributed by atoms with Gasteiger partial charge in [0.2, 0.25) is 0 Å². The molecular formula is C22H27BO5. The molecule has 0 saturated carbocycles. The third-order valence-electron chi connectivity index (χ3n) is 5.28. The largest absolute Gasteiger partial charge is 0.454 e. The molecule has 2 fully saturated rings. The normalized spacial score (nSPS) is 30.1. The zero-order valence-corrected chi connectivity index (χ0v) is 16.4. The SMILES string of the molecule is CB1OCC2O[C@H](C)C(OCc3ccccc3)[C@H](OCc3ccccc3)[C@@H]2O1. The Morgan fingerprint density at radius 1 is 0.893 bits per heavy atom. The van der Waals surface area contributed by atoms with Crippen LogP contribution in [0.4, 0.5) is 0 Å². The first-order valence-electron chi connectivity index (χ1n) is 9.94. The Labute approximate surface area is 167 Å². The van der Waals surface area contributed by atoms with Crippen LogP contribution in [0.25, 0.3) is 0 Å². The summed E-state index contributed by atoms with van der Waals surface area (Å²) in [5.41, 5.74) is 2.25. The van der Waals surface area contributed by atoms with Gasteiger partial charge in [-0.15, -0.1) is 0 Å². The van der Waals surface area contributed by atoms with E-state index in [9.17, 15) is 0 Å². The lowest BCUT2D eigenvalue weighted by molar-refractivity contribution is -0.259. The molecule has 0 aliphatic carbocycles. The minimum atomic E-state index is -0.282. The lowest BCUT2D eigenvalue weighted by Gasteiger charge is -2.48. The molecule has 2 aromatic rings. The van der Waals surface area contributed by atoms with Gasteiger partial charge < -0.3 is 23.5 Å². The van der Waals surface area contributed by atoms with E-state index in [0.717, 1.165) is 11.1 Å². The van der Waals surface area contributed by atoms with Gasteiger partial charge in [0.25, 0.3) is 0 Å². The average Bonchev–Trinajstić information content (AvgIpc) is 2.73. The van der Waals surface area contributed by atoms with Crippen LogP contribution in [0, 0.1) is 0 Å². The van der Waals surface area contributed by atoms with Crippen LogP contribution < -0.4 is 0 Å². The van der Waals surface area contributed by atoms with Gasteiger partial charge in [-0.25, -0.2) is 0 Å². The predicted molar refractivity (Wildman–Crippen MR) is 107 cm³/mol. The Bertz CT molecular complexity index is 728. The van der Waals surface area contributed by atoms with Gasteiger partial charge in [-0.3, -0.25) is 0 Å². The molecule has 2 saturated heterocycles. The van der Waals surface area contributed by atoms with Crippen molar-refractivity contribution in [2.45, 2.75) is 57.5 Å². The Kier molecular flexibility index (Phi) is 6.45. The van der Waals surface area contributed by atoms with Gasteiger partial charge >= 0.3 is 7.12 Å². The molecule has 0 N–H and O–H groups in total. The molecule has 2 aliphatic rings. The van der Waals surface area contributed by atoms with Crippen LogP contribution in [0.1, 0.15) is 18.1 Å². The molecular weight excluding hydrogens is 355 g/mol. The Hall–Kier alpha value is -1.70. The van der Waals surface area contributed by atoms with E-state index >= 15 is 0 Å². The number of hydrogen-bond acceptors (Lipinski definition) is 5. The highest BCUT2D eigenvalue weighted by molar-refractivity contribution is 6.42. The van der Waals surface area contributed by atoms with E-state index in [1.165, 1.54) is 0 Å². The fourth-order valence-corrected chi connectivity index (χ4v) is 3.84. The number of rotatable bonds is 6. The molecule has 2 unspecified atom stereocenters. The summed E-state index contributed by atoms with van der Waals surface area (Å²) in [6.07, 6.45) is -0.946. The molecule has 2 aromatic carbocycles. The maximum Gasteiger partial charge on any atom is 0.454 e. The van der Waals surface area contributed by atoms with Crippen molar-refractivity contribution in [3.63, 3.8) is 0 Å². The number of ether oxygens (including phenoxy) is 3. The maximum absolute atomic E-state index is 6.37. The minimum absolute atomic E-state index is 0.119. The summed E-state index contributed by atoms with van der Waals surface area (Å²) in [6.45, 7) is 5.46. The van der Waals surface area contributed by atoms with Crippen molar-refractivity contribution < 1.29 is 23.5 Å². The Morgan fingerprint density at radius 3 is 2.07 bits per heavy atom. The van der Waals surface area contributed by atoms with Crippen molar-refractivity contribution in [1.82, 2.24) is 0 Å². The molecule has 5 atom stereocenters. The van der Waals surface area contributed by atoms with Gasteiger partial charge in [-0.05, 0) is 24.9 Å². The van der Waals surface area contributed by atoms with Crippen LogP contribution >= 0.6 is 0 Å². The van der Waals surface area contributed by atoms with E-state index in [4.69, 9.17) is 23.5 Å². The minimum Gasteiger partial charge on any atom is -0.408 e. The summed E-state index contributed by atoms with van der Waals surface area (Å²) in [7, 11) is -0.282. The monoisotopic (exact) mass is 382 g/mol. The molecule has 148 valence electrons. The molecule has 5 nitrogen and oxygen atoms in total. The van der Waals surface area contributed by atoms with Gasteiger partial charge in [-0.2, -0.15) is 0 Å². The molecule has 0 spiro atoms. The first kappa shape index (κ1) is 19.6. The molecule has 0 bridgehead atoms. The van der Waals surface area contributed by atoms with E-state index in [1.807, 2.05) is 50.1 Å². The third kappa shape index (κ3) is 4.65. The summed E-state index contributed by atoms with van der Waals surface area (Å²) in [6, 6.07) is 20.3.